The third-order valence-electron chi connectivity index (χ3n) is 5.03. The molecule has 0 spiro atoms. The fourth-order valence-corrected chi connectivity index (χ4v) is 5.27. The van der Waals surface area contributed by atoms with Gasteiger partial charge in [-0.2, -0.15) is 5.10 Å². The summed E-state index contributed by atoms with van der Waals surface area (Å²) in [6.45, 7) is 7.85. The van der Waals surface area contributed by atoms with Gasteiger partial charge in [0, 0.05) is 24.3 Å². The van der Waals surface area contributed by atoms with Gasteiger partial charge in [-0.05, 0) is 39.8 Å². The first kappa shape index (κ1) is 18.1. The van der Waals surface area contributed by atoms with Crippen molar-refractivity contribution in [3.8, 4) is 0 Å². The zero-order chi connectivity index (χ0) is 18.2. The summed E-state index contributed by atoms with van der Waals surface area (Å²) in [7, 11) is -0.795. The highest BCUT2D eigenvalue weighted by molar-refractivity contribution is 7.91. The van der Waals surface area contributed by atoms with Crippen molar-refractivity contribution in [1.29, 1.82) is 0 Å². The molecule has 2 heterocycles. The molecule has 0 amide bonds. The van der Waals surface area contributed by atoms with Gasteiger partial charge in [0.05, 0.1) is 23.2 Å². The summed E-state index contributed by atoms with van der Waals surface area (Å²) >= 11 is 0. The average molecular weight is 362 g/mol. The first-order chi connectivity index (χ1) is 11.7. The van der Waals surface area contributed by atoms with Crippen LogP contribution in [0.4, 0.5) is 0 Å². The van der Waals surface area contributed by atoms with E-state index >= 15 is 0 Å². The lowest BCUT2D eigenvalue weighted by Gasteiger charge is -2.18. The number of hydrogen-bond acceptors (Lipinski definition) is 4. The van der Waals surface area contributed by atoms with Crippen LogP contribution in [0.3, 0.4) is 0 Å². The van der Waals surface area contributed by atoms with Crippen molar-refractivity contribution in [3.05, 3.63) is 52.3 Å². The van der Waals surface area contributed by atoms with E-state index in [4.69, 9.17) is 0 Å². The summed E-state index contributed by atoms with van der Waals surface area (Å²) < 4.78 is 25.5. The Labute approximate surface area is 150 Å². The number of nitrogens with zero attached hydrogens (tertiary/aromatic N) is 3. The number of hydrogen-bond donors (Lipinski definition) is 0. The molecule has 25 heavy (non-hydrogen) atoms. The summed E-state index contributed by atoms with van der Waals surface area (Å²) in [6, 6.07) is 8.59. The van der Waals surface area contributed by atoms with E-state index in [1.165, 1.54) is 16.7 Å². The number of aryl methyl sites for hydroxylation is 2. The van der Waals surface area contributed by atoms with Crippen molar-refractivity contribution < 1.29 is 8.42 Å². The molecule has 0 saturated carbocycles. The molecule has 1 aliphatic rings. The Bertz CT molecular complexity index is 854. The Morgan fingerprint density at radius 3 is 2.44 bits per heavy atom. The molecular weight excluding hydrogens is 334 g/mol. The third kappa shape index (κ3) is 4.12. The summed E-state index contributed by atoms with van der Waals surface area (Å²) in [4.78, 5) is 2.28. The van der Waals surface area contributed by atoms with E-state index in [9.17, 15) is 8.42 Å². The lowest BCUT2D eigenvalue weighted by atomic mass is 10.1. The predicted molar refractivity (Wildman–Crippen MR) is 100 cm³/mol. The molecule has 0 unspecified atom stereocenters. The van der Waals surface area contributed by atoms with Crippen LogP contribution in [0.15, 0.2) is 24.3 Å². The largest absolute Gasteiger partial charge is 0.298 e. The molecule has 1 aromatic heterocycles. The molecule has 2 aromatic rings. The topological polar surface area (TPSA) is 55.2 Å². The number of rotatable bonds is 5. The highest BCUT2D eigenvalue weighted by Crippen LogP contribution is 2.27. The molecule has 136 valence electrons. The van der Waals surface area contributed by atoms with Gasteiger partial charge in [-0.3, -0.25) is 9.58 Å². The molecule has 0 N–H and O–H groups in total. The zero-order valence-electron chi connectivity index (χ0n) is 15.5. The molecule has 1 saturated heterocycles. The van der Waals surface area contributed by atoms with Gasteiger partial charge >= 0.3 is 0 Å². The van der Waals surface area contributed by atoms with Gasteiger partial charge in [0.1, 0.15) is 0 Å². The third-order valence-corrected chi connectivity index (χ3v) is 6.78. The van der Waals surface area contributed by atoms with Crippen LogP contribution < -0.4 is 0 Å². The van der Waals surface area contributed by atoms with Crippen LogP contribution >= 0.6 is 0 Å². The quantitative estimate of drug-likeness (QED) is 0.822. The van der Waals surface area contributed by atoms with Crippen LogP contribution in [-0.2, 0) is 22.9 Å². The van der Waals surface area contributed by atoms with E-state index in [-0.39, 0.29) is 17.5 Å². The van der Waals surface area contributed by atoms with Crippen LogP contribution in [0.2, 0.25) is 0 Å². The average Bonchev–Trinajstić information content (AvgIpc) is 3.03. The molecule has 0 aliphatic carbocycles. The van der Waals surface area contributed by atoms with Crippen LogP contribution in [0, 0.1) is 20.8 Å². The molecule has 0 bridgehead atoms. The molecule has 1 fully saturated rings. The fraction of sp³-hybridized carbons (Fsp3) is 0.526. The number of aromatic nitrogens is 2. The van der Waals surface area contributed by atoms with E-state index in [0.717, 1.165) is 24.5 Å². The minimum absolute atomic E-state index is 0.0140. The Hall–Kier alpha value is -1.66. The number of benzene rings is 1. The van der Waals surface area contributed by atoms with Crippen LogP contribution in [0.1, 0.15) is 40.5 Å². The van der Waals surface area contributed by atoms with Crippen LogP contribution in [0.25, 0.3) is 0 Å². The lowest BCUT2D eigenvalue weighted by molar-refractivity contribution is 0.317. The summed E-state index contributed by atoms with van der Waals surface area (Å²) in [5.74, 6) is 0.492. The van der Waals surface area contributed by atoms with Gasteiger partial charge in [-0.15, -0.1) is 0 Å². The molecule has 1 aliphatic heterocycles. The van der Waals surface area contributed by atoms with Crippen molar-refractivity contribution in [2.75, 3.05) is 18.6 Å². The van der Waals surface area contributed by atoms with E-state index in [1.807, 2.05) is 11.6 Å². The van der Waals surface area contributed by atoms with Gasteiger partial charge in [0.2, 0.25) is 0 Å². The number of sulfone groups is 1. The summed E-state index contributed by atoms with van der Waals surface area (Å²) in [5, 5.41) is 4.65. The molecule has 0 radical (unpaired) electrons. The van der Waals surface area contributed by atoms with Crippen molar-refractivity contribution in [1.82, 2.24) is 14.7 Å². The van der Waals surface area contributed by atoms with Gasteiger partial charge in [0.15, 0.2) is 9.84 Å². The standard InChI is InChI=1S/C19H27N3O2S/c1-14-5-7-17(8-6-14)11-21(4)12-19-15(2)20-22(16(19)3)18-9-10-25(23,24)13-18/h5-8,18H,9-13H2,1-4H3/t18-/m1/s1. The summed E-state index contributed by atoms with van der Waals surface area (Å²) in [5.41, 5.74) is 5.86. The van der Waals surface area contributed by atoms with Crippen LogP contribution in [0.5, 0.6) is 0 Å². The molecule has 5 nitrogen and oxygen atoms in total. The van der Waals surface area contributed by atoms with E-state index in [1.54, 1.807) is 0 Å². The second-order valence-corrected chi connectivity index (χ2v) is 9.54. The van der Waals surface area contributed by atoms with Gasteiger partial charge in [0.25, 0.3) is 0 Å². The van der Waals surface area contributed by atoms with E-state index < -0.39 is 9.84 Å². The lowest BCUT2D eigenvalue weighted by Crippen LogP contribution is -2.18. The molecule has 1 atom stereocenters. The SMILES string of the molecule is Cc1ccc(CN(C)Cc2c(C)nn([C@@H]3CCS(=O)(=O)C3)c2C)cc1. The summed E-state index contributed by atoms with van der Waals surface area (Å²) in [6.07, 6.45) is 0.670. The first-order valence-electron chi connectivity index (χ1n) is 8.74. The highest BCUT2D eigenvalue weighted by Gasteiger charge is 2.31. The van der Waals surface area contributed by atoms with Crippen molar-refractivity contribution in [2.45, 2.75) is 46.3 Å². The smallest absolute Gasteiger partial charge is 0.152 e. The van der Waals surface area contributed by atoms with Crippen molar-refractivity contribution >= 4 is 9.84 Å². The van der Waals surface area contributed by atoms with Gasteiger partial charge < -0.3 is 0 Å². The molecule has 6 heteroatoms. The minimum Gasteiger partial charge on any atom is -0.298 e. The monoisotopic (exact) mass is 361 g/mol. The van der Waals surface area contributed by atoms with E-state index in [2.05, 4.69) is 55.2 Å². The first-order valence-corrected chi connectivity index (χ1v) is 10.6. The second-order valence-electron chi connectivity index (χ2n) is 7.31. The Morgan fingerprint density at radius 2 is 1.84 bits per heavy atom. The Kier molecular flexibility index (Phi) is 5.02. The van der Waals surface area contributed by atoms with Gasteiger partial charge in [-0.25, -0.2) is 8.42 Å². The Balaban J connectivity index is 1.73. The van der Waals surface area contributed by atoms with Crippen molar-refractivity contribution in [3.63, 3.8) is 0 Å². The molecule has 1 aromatic carbocycles. The highest BCUT2D eigenvalue weighted by atomic mass is 32.2. The second kappa shape index (κ2) is 6.92. The normalized spacial score (nSPS) is 19.6. The molecular formula is C19H27N3O2S. The fourth-order valence-electron chi connectivity index (χ4n) is 3.58. The maximum atomic E-state index is 11.8. The van der Waals surface area contributed by atoms with Crippen LogP contribution in [-0.4, -0.2) is 41.7 Å². The van der Waals surface area contributed by atoms with E-state index in [0.29, 0.717) is 6.42 Å². The zero-order valence-corrected chi connectivity index (χ0v) is 16.3. The van der Waals surface area contributed by atoms with Crippen molar-refractivity contribution in [2.24, 2.45) is 0 Å². The predicted octanol–water partition coefficient (Wildman–Crippen LogP) is 2.80. The maximum Gasteiger partial charge on any atom is 0.152 e. The molecule has 3 rings (SSSR count). The Morgan fingerprint density at radius 1 is 1.16 bits per heavy atom. The van der Waals surface area contributed by atoms with Gasteiger partial charge in [-0.1, -0.05) is 29.8 Å². The minimum atomic E-state index is -2.90. The maximum absolute atomic E-state index is 11.8.